The highest BCUT2D eigenvalue weighted by atomic mass is 16.6. The van der Waals surface area contributed by atoms with E-state index in [0.29, 0.717) is 6.54 Å². The van der Waals surface area contributed by atoms with E-state index in [0.717, 1.165) is 0 Å². The average Bonchev–Trinajstić information content (AvgIpc) is 2.79. The number of hydrogen-bond acceptors (Lipinski definition) is 7. The van der Waals surface area contributed by atoms with Crippen molar-refractivity contribution in [2.75, 3.05) is 25.1 Å². The van der Waals surface area contributed by atoms with E-state index >= 15 is 0 Å². The topological polar surface area (TPSA) is 119 Å². The zero-order chi connectivity index (χ0) is 14.9. The second-order valence-corrected chi connectivity index (χ2v) is 4.64. The summed E-state index contributed by atoms with van der Waals surface area (Å²) in [5, 5.41) is 20.3. The van der Waals surface area contributed by atoms with Crippen LogP contribution in [-0.4, -0.2) is 46.2 Å². The summed E-state index contributed by atoms with van der Waals surface area (Å²) < 4.78 is 4.87. The summed E-state index contributed by atoms with van der Waals surface area (Å²) in [7, 11) is 1.28. The molecule has 2 unspecified atom stereocenters. The first-order chi connectivity index (χ1) is 9.45. The number of nitrogens with zero attached hydrogens (tertiary/aromatic N) is 4. The van der Waals surface area contributed by atoms with Crippen molar-refractivity contribution in [2.45, 2.75) is 6.92 Å². The number of nitro groups is 1. The van der Waals surface area contributed by atoms with Gasteiger partial charge >= 0.3 is 11.7 Å². The molecule has 0 saturated carbocycles. The van der Waals surface area contributed by atoms with Crippen LogP contribution >= 0.6 is 0 Å². The maximum Gasteiger partial charge on any atom is 0.372 e. The number of ether oxygens (including phenoxy) is 1. The van der Waals surface area contributed by atoms with E-state index in [1.165, 1.54) is 13.4 Å². The second-order valence-electron chi connectivity index (χ2n) is 4.64. The Morgan fingerprint density at radius 3 is 2.75 bits per heavy atom. The lowest BCUT2D eigenvalue weighted by atomic mass is 9.99. The molecule has 1 aromatic rings. The minimum absolute atomic E-state index is 0.0949. The van der Waals surface area contributed by atoms with Crippen molar-refractivity contribution >= 4 is 17.5 Å². The van der Waals surface area contributed by atoms with Gasteiger partial charge in [-0.2, -0.15) is 4.98 Å². The maximum atomic E-state index is 11.2. The number of aromatic nitrogens is 2. The zero-order valence-corrected chi connectivity index (χ0v) is 11.0. The van der Waals surface area contributed by atoms with Gasteiger partial charge in [-0.15, -0.1) is 0 Å². The summed E-state index contributed by atoms with van der Waals surface area (Å²) in [6.07, 6.45) is 1.17. The Hall–Kier alpha value is -2.45. The summed E-state index contributed by atoms with van der Waals surface area (Å²) in [5.41, 5.74) is -0.340. The fourth-order valence-electron chi connectivity index (χ4n) is 2.36. The number of hydrogen-bond donors (Lipinski definition) is 1. The van der Waals surface area contributed by atoms with Crippen molar-refractivity contribution in [1.82, 2.24) is 9.97 Å². The standard InChI is InChI=1S/C11H14N4O5/c1-6-3-14(4-7(6)11(16)17)9-8(15(18)19)10(20-2)13-5-12-9/h5-7H,3-4H2,1-2H3,(H,16,17). The lowest BCUT2D eigenvalue weighted by molar-refractivity contribution is -0.385. The number of carboxylic acids is 1. The van der Waals surface area contributed by atoms with Crippen molar-refractivity contribution in [3.05, 3.63) is 16.4 Å². The smallest absolute Gasteiger partial charge is 0.372 e. The molecule has 20 heavy (non-hydrogen) atoms. The number of methoxy groups -OCH3 is 1. The molecule has 2 atom stereocenters. The molecule has 1 aromatic heterocycles. The molecule has 0 radical (unpaired) electrons. The van der Waals surface area contributed by atoms with Crippen molar-refractivity contribution in [3.63, 3.8) is 0 Å². The molecule has 9 nitrogen and oxygen atoms in total. The molecule has 0 aromatic carbocycles. The summed E-state index contributed by atoms with van der Waals surface area (Å²) >= 11 is 0. The van der Waals surface area contributed by atoms with Crippen LogP contribution in [0.2, 0.25) is 0 Å². The van der Waals surface area contributed by atoms with E-state index in [1.54, 1.807) is 11.8 Å². The highest BCUT2D eigenvalue weighted by molar-refractivity contribution is 5.73. The van der Waals surface area contributed by atoms with Crippen LogP contribution in [-0.2, 0) is 4.79 Å². The van der Waals surface area contributed by atoms with E-state index in [2.05, 4.69) is 9.97 Å². The van der Waals surface area contributed by atoms with Crippen LogP contribution in [0, 0.1) is 22.0 Å². The van der Waals surface area contributed by atoms with Crippen molar-refractivity contribution < 1.29 is 19.6 Å². The van der Waals surface area contributed by atoms with Crippen LogP contribution in [0.15, 0.2) is 6.33 Å². The van der Waals surface area contributed by atoms with E-state index in [1.807, 2.05) is 0 Å². The predicted octanol–water partition coefficient (Wildman–Crippen LogP) is 0.550. The van der Waals surface area contributed by atoms with Gasteiger partial charge in [-0.05, 0) is 5.92 Å². The van der Waals surface area contributed by atoms with Crippen LogP contribution in [0.3, 0.4) is 0 Å². The largest absolute Gasteiger partial charge is 0.481 e. The molecular formula is C11H14N4O5. The zero-order valence-electron chi connectivity index (χ0n) is 11.0. The Balaban J connectivity index is 2.39. The van der Waals surface area contributed by atoms with Crippen molar-refractivity contribution in [2.24, 2.45) is 11.8 Å². The van der Waals surface area contributed by atoms with E-state index < -0.39 is 16.8 Å². The van der Waals surface area contributed by atoms with E-state index in [9.17, 15) is 14.9 Å². The van der Waals surface area contributed by atoms with Gasteiger partial charge in [0.15, 0.2) is 0 Å². The minimum Gasteiger partial charge on any atom is -0.481 e. The minimum atomic E-state index is -0.913. The molecule has 0 spiro atoms. The monoisotopic (exact) mass is 282 g/mol. The van der Waals surface area contributed by atoms with Crippen LogP contribution < -0.4 is 9.64 Å². The van der Waals surface area contributed by atoms with Gasteiger partial charge in [0.2, 0.25) is 5.82 Å². The van der Waals surface area contributed by atoms with Crippen LogP contribution in [0.4, 0.5) is 11.5 Å². The van der Waals surface area contributed by atoms with Gasteiger partial charge in [-0.3, -0.25) is 14.9 Å². The molecule has 9 heteroatoms. The molecule has 0 bridgehead atoms. The molecular weight excluding hydrogens is 268 g/mol. The third-order valence-electron chi connectivity index (χ3n) is 3.37. The van der Waals surface area contributed by atoms with Crippen molar-refractivity contribution in [3.8, 4) is 5.88 Å². The first-order valence-corrected chi connectivity index (χ1v) is 5.96. The molecule has 0 amide bonds. The lowest BCUT2D eigenvalue weighted by Crippen LogP contribution is -2.24. The highest BCUT2D eigenvalue weighted by Crippen LogP contribution is 2.36. The van der Waals surface area contributed by atoms with Gasteiger partial charge in [0, 0.05) is 13.1 Å². The maximum absolute atomic E-state index is 11.2. The van der Waals surface area contributed by atoms with Crippen LogP contribution in [0.1, 0.15) is 6.92 Å². The van der Waals surface area contributed by atoms with E-state index in [-0.39, 0.29) is 29.8 Å². The molecule has 0 aliphatic carbocycles. The second kappa shape index (κ2) is 5.27. The predicted molar refractivity (Wildman–Crippen MR) is 67.7 cm³/mol. The Labute approximate surface area is 114 Å². The summed E-state index contributed by atoms with van der Waals surface area (Å²) in [4.78, 5) is 30.9. The Morgan fingerprint density at radius 1 is 1.55 bits per heavy atom. The quantitative estimate of drug-likeness (QED) is 0.628. The third kappa shape index (κ3) is 2.33. The van der Waals surface area contributed by atoms with Crippen molar-refractivity contribution in [1.29, 1.82) is 0 Å². The summed E-state index contributed by atoms with van der Waals surface area (Å²) in [6.45, 7) is 2.36. The van der Waals surface area contributed by atoms with Gasteiger partial charge < -0.3 is 14.7 Å². The third-order valence-corrected chi connectivity index (χ3v) is 3.37. The van der Waals surface area contributed by atoms with E-state index in [4.69, 9.17) is 9.84 Å². The highest BCUT2D eigenvalue weighted by Gasteiger charge is 2.39. The number of carboxylic acid groups (broad SMARTS) is 1. The van der Waals surface area contributed by atoms with Gasteiger partial charge in [-0.1, -0.05) is 6.92 Å². The first-order valence-electron chi connectivity index (χ1n) is 5.96. The Kier molecular flexibility index (Phi) is 3.68. The Morgan fingerprint density at radius 2 is 2.25 bits per heavy atom. The molecule has 1 N–H and O–H groups in total. The number of anilines is 1. The molecule has 2 rings (SSSR count). The number of rotatable bonds is 4. The normalized spacial score (nSPS) is 21.8. The molecule has 1 saturated heterocycles. The summed E-state index contributed by atoms with van der Waals surface area (Å²) in [5.74, 6) is -1.64. The van der Waals surface area contributed by atoms with Gasteiger partial charge in [0.05, 0.1) is 18.0 Å². The fraction of sp³-hybridized carbons (Fsp3) is 0.545. The van der Waals surface area contributed by atoms with Gasteiger partial charge in [0.25, 0.3) is 5.88 Å². The lowest BCUT2D eigenvalue weighted by Gasteiger charge is -2.16. The summed E-state index contributed by atoms with van der Waals surface area (Å²) in [6, 6.07) is 0. The Bertz CT molecular complexity index is 550. The van der Waals surface area contributed by atoms with Crippen LogP contribution in [0.5, 0.6) is 5.88 Å². The molecule has 1 fully saturated rings. The molecule has 2 heterocycles. The first kappa shape index (κ1) is 14.0. The van der Waals surface area contributed by atoms with Crippen LogP contribution in [0.25, 0.3) is 0 Å². The van der Waals surface area contributed by atoms with Gasteiger partial charge in [0.1, 0.15) is 6.33 Å². The van der Waals surface area contributed by atoms with Gasteiger partial charge in [-0.25, -0.2) is 4.98 Å². The number of carbonyl (C=O) groups is 1. The SMILES string of the molecule is COc1ncnc(N2CC(C)C(C(=O)O)C2)c1[N+](=O)[O-]. The molecule has 1 aliphatic rings. The number of aliphatic carboxylic acids is 1. The molecule has 108 valence electrons. The average molecular weight is 282 g/mol. The fourth-order valence-corrected chi connectivity index (χ4v) is 2.36. The molecule has 1 aliphatic heterocycles.